The summed E-state index contributed by atoms with van der Waals surface area (Å²) in [6.07, 6.45) is 0. The fourth-order valence-electron chi connectivity index (χ4n) is 1.96. The molecule has 2 aromatic rings. The van der Waals surface area contributed by atoms with Crippen molar-refractivity contribution in [3.63, 3.8) is 0 Å². The number of aryl methyl sites for hydroxylation is 1. The summed E-state index contributed by atoms with van der Waals surface area (Å²) in [5.41, 5.74) is 2.21. The van der Waals surface area contributed by atoms with Crippen molar-refractivity contribution in [2.24, 2.45) is 5.92 Å². The highest BCUT2D eigenvalue weighted by molar-refractivity contribution is 5.92. The zero-order valence-electron chi connectivity index (χ0n) is 13.9. The number of aromatic nitrogens is 2. The number of carbonyl (C=O) groups is 1. The number of amides is 1. The van der Waals surface area contributed by atoms with Gasteiger partial charge in [-0.15, -0.1) is 10.2 Å². The molecule has 1 aromatic carbocycles. The molecule has 0 saturated carbocycles. The van der Waals surface area contributed by atoms with E-state index in [4.69, 9.17) is 4.74 Å². The van der Waals surface area contributed by atoms with E-state index in [-0.39, 0.29) is 5.91 Å². The Morgan fingerprint density at radius 1 is 1.22 bits per heavy atom. The topological polar surface area (TPSA) is 76.1 Å². The van der Waals surface area contributed by atoms with E-state index in [2.05, 4.69) is 20.8 Å². The van der Waals surface area contributed by atoms with E-state index in [1.807, 2.05) is 39.0 Å². The molecule has 2 rings (SSSR count). The molecule has 0 aliphatic carbocycles. The van der Waals surface area contributed by atoms with Crippen LogP contribution in [-0.4, -0.2) is 29.8 Å². The van der Waals surface area contributed by atoms with Crippen molar-refractivity contribution in [2.75, 3.05) is 19.0 Å². The van der Waals surface area contributed by atoms with Gasteiger partial charge in [0.15, 0.2) is 11.5 Å². The Morgan fingerprint density at radius 3 is 2.61 bits per heavy atom. The van der Waals surface area contributed by atoms with Crippen LogP contribution in [0, 0.1) is 12.8 Å². The molecule has 122 valence electrons. The maximum Gasteiger partial charge on any atom is 0.271 e. The Morgan fingerprint density at radius 2 is 2.00 bits per heavy atom. The molecule has 0 spiro atoms. The fourth-order valence-corrected chi connectivity index (χ4v) is 1.96. The summed E-state index contributed by atoms with van der Waals surface area (Å²) < 4.78 is 5.31. The summed E-state index contributed by atoms with van der Waals surface area (Å²) >= 11 is 0. The number of benzene rings is 1. The molecule has 0 radical (unpaired) electrons. The summed E-state index contributed by atoms with van der Waals surface area (Å²) in [5, 5.41) is 14.0. The summed E-state index contributed by atoms with van der Waals surface area (Å²) in [4.78, 5) is 11.9. The van der Waals surface area contributed by atoms with Crippen LogP contribution in [0.3, 0.4) is 0 Å². The number of hydrogen-bond donors (Lipinski definition) is 2. The monoisotopic (exact) mass is 314 g/mol. The van der Waals surface area contributed by atoms with Crippen molar-refractivity contribution in [2.45, 2.75) is 20.8 Å². The van der Waals surface area contributed by atoms with Crippen molar-refractivity contribution in [3.05, 3.63) is 41.6 Å². The maximum absolute atomic E-state index is 11.9. The summed E-state index contributed by atoms with van der Waals surface area (Å²) in [7, 11) is 1.61. The van der Waals surface area contributed by atoms with Crippen LogP contribution in [0.4, 0.5) is 11.5 Å². The SMILES string of the molecule is COc1ccc(C)cc1Nc1ccc(C(=O)NCC(C)C)nn1. The minimum absolute atomic E-state index is 0.217. The average molecular weight is 314 g/mol. The smallest absolute Gasteiger partial charge is 0.271 e. The molecule has 0 aliphatic heterocycles. The molecule has 1 amide bonds. The van der Waals surface area contributed by atoms with Crippen LogP contribution in [0.15, 0.2) is 30.3 Å². The zero-order chi connectivity index (χ0) is 16.8. The first kappa shape index (κ1) is 16.7. The highest BCUT2D eigenvalue weighted by Gasteiger charge is 2.09. The van der Waals surface area contributed by atoms with Gasteiger partial charge in [0.25, 0.3) is 5.91 Å². The predicted octanol–water partition coefficient (Wildman–Crippen LogP) is 2.92. The molecule has 1 aromatic heterocycles. The third kappa shape index (κ3) is 4.67. The molecule has 0 unspecified atom stereocenters. The number of rotatable bonds is 6. The van der Waals surface area contributed by atoms with Crippen molar-refractivity contribution in [3.8, 4) is 5.75 Å². The summed E-state index contributed by atoms with van der Waals surface area (Å²) in [6.45, 7) is 6.68. The second kappa shape index (κ2) is 7.58. The first-order valence-electron chi connectivity index (χ1n) is 7.53. The van der Waals surface area contributed by atoms with Gasteiger partial charge in [0, 0.05) is 6.54 Å². The van der Waals surface area contributed by atoms with Crippen LogP contribution in [0.25, 0.3) is 0 Å². The first-order chi connectivity index (χ1) is 11.0. The molecule has 2 N–H and O–H groups in total. The standard InChI is InChI=1S/C17H22N4O2/c1-11(2)10-18-17(22)13-6-8-16(21-20-13)19-14-9-12(3)5-7-15(14)23-4/h5-9,11H,10H2,1-4H3,(H,18,22)(H,19,21). The second-order valence-corrected chi connectivity index (χ2v) is 5.74. The van der Waals surface area contributed by atoms with Gasteiger partial charge < -0.3 is 15.4 Å². The lowest BCUT2D eigenvalue weighted by molar-refractivity contribution is 0.0943. The molecule has 6 nitrogen and oxygen atoms in total. The largest absolute Gasteiger partial charge is 0.495 e. The fraction of sp³-hybridized carbons (Fsp3) is 0.353. The van der Waals surface area contributed by atoms with Crippen LogP contribution < -0.4 is 15.4 Å². The summed E-state index contributed by atoms with van der Waals surface area (Å²) in [5.74, 6) is 1.44. The van der Waals surface area contributed by atoms with E-state index in [1.54, 1.807) is 19.2 Å². The highest BCUT2D eigenvalue weighted by atomic mass is 16.5. The molecule has 1 heterocycles. The number of carbonyl (C=O) groups excluding carboxylic acids is 1. The molecule has 23 heavy (non-hydrogen) atoms. The van der Waals surface area contributed by atoms with E-state index < -0.39 is 0 Å². The van der Waals surface area contributed by atoms with Gasteiger partial charge in [0.1, 0.15) is 5.75 Å². The molecule has 0 atom stereocenters. The van der Waals surface area contributed by atoms with Gasteiger partial charge >= 0.3 is 0 Å². The molecular weight excluding hydrogens is 292 g/mol. The van der Waals surface area contributed by atoms with E-state index in [1.165, 1.54) is 0 Å². The summed E-state index contributed by atoms with van der Waals surface area (Å²) in [6, 6.07) is 9.19. The van der Waals surface area contributed by atoms with Crippen LogP contribution in [0.1, 0.15) is 29.9 Å². The Hall–Kier alpha value is -2.63. The van der Waals surface area contributed by atoms with Crippen molar-refractivity contribution in [1.82, 2.24) is 15.5 Å². The molecule has 0 fully saturated rings. The van der Waals surface area contributed by atoms with Gasteiger partial charge in [0.05, 0.1) is 12.8 Å². The van der Waals surface area contributed by atoms with E-state index in [9.17, 15) is 4.79 Å². The van der Waals surface area contributed by atoms with Crippen molar-refractivity contribution in [1.29, 1.82) is 0 Å². The minimum Gasteiger partial charge on any atom is -0.495 e. The Balaban J connectivity index is 2.08. The van der Waals surface area contributed by atoms with E-state index >= 15 is 0 Å². The van der Waals surface area contributed by atoms with Crippen LogP contribution >= 0.6 is 0 Å². The lowest BCUT2D eigenvalue weighted by atomic mass is 10.2. The van der Waals surface area contributed by atoms with E-state index in [0.717, 1.165) is 17.0 Å². The molecule has 0 aliphatic rings. The average Bonchev–Trinajstić information content (AvgIpc) is 2.53. The molecule has 6 heteroatoms. The minimum atomic E-state index is -0.217. The Labute approximate surface area is 136 Å². The number of methoxy groups -OCH3 is 1. The van der Waals surface area contributed by atoms with E-state index in [0.29, 0.717) is 24.0 Å². The third-order valence-corrected chi connectivity index (χ3v) is 3.19. The first-order valence-corrected chi connectivity index (χ1v) is 7.53. The van der Waals surface area contributed by atoms with Gasteiger partial charge in [0.2, 0.25) is 0 Å². The lowest BCUT2D eigenvalue weighted by Gasteiger charge is -2.11. The Bertz CT molecular complexity index is 669. The van der Waals surface area contributed by atoms with Crippen LogP contribution in [0.5, 0.6) is 5.75 Å². The molecule has 0 bridgehead atoms. The normalized spacial score (nSPS) is 10.5. The second-order valence-electron chi connectivity index (χ2n) is 5.74. The van der Waals surface area contributed by atoms with Gasteiger partial charge in [-0.3, -0.25) is 4.79 Å². The van der Waals surface area contributed by atoms with Crippen molar-refractivity contribution < 1.29 is 9.53 Å². The maximum atomic E-state index is 11.9. The number of hydrogen-bond acceptors (Lipinski definition) is 5. The van der Waals surface area contributed by atoms with Gasteiger partial charge in [-0.05, 0) is 42.7 Å². The number of anilines is 2. The van der Waals surface area contributed by atoms with Crippen LogP contribution in [0.2, 0.25) is 0 Å². The van der Waals surface area contributed by atoms with Gasteiger partial charge in [-0.1, -0.05) is 19.9 Å². The number of ether oxygens (including phenoxy) is 1. The highest BCUT2D eigenvalue weighted by Crippen LogP contribution is 2.27. The predicted molar refractivity (Wildman–Crippen MR) is 90.2 cm³/mol. The third-order valence-electron chi connectivity index (χ3n) is 3.19. The van der Waals surface area contributed by atoms with Gasteiger partial charge in [-0.2, -0.15) is 0 Å². The zero-order valence-corrected chi connectivity index (χ0v) is 13.9. The van der Waals surface area contributed by atoms with Crippen LogP contribution in [-0.2, 0) is 0 Å². The Kier molecular flexibility index (Phi) is 5.51. The molecule has 0 saturated heterocycles. The lowest BCUT2D eigenvalue weighted by Crippen LogP contribution is -2.28. The van der Waals surface area contributed by atoms with Gasteiger partial charge in [-0.25, -0.2) is 0 Å². The number of nitrogens with zero attached hydrogens (tertiary/aromatic N) is 2. The number of nitrogens with one attached hydrogen (secondary N) is 2. The van der Waals surface area contributed by atoms with Crippen molar-refractivity contribution >= 4 is 17.4 Å². The molecular formula is C17H22N4O2. The quantitative estimate of drug-likeness (QED) is 0.857.